The van der Waals surface area contributed by atoms with E-state index < -0.39 is 18.6 Å². The fraction of sp³-hybridized carbons (Fsp3) is 0.200. The van der Waals surface area contributed by atoms with Gasteiger partial charge in [0.05, 0.1) is 11.5 Å². The zero-order valence-electron chi connectivity index (χ0n) is 14.5. The van der Waals surface area contributed by atoms with Crippen molar-refractivity contribution in [2.24, 2.45) is 0 Å². The molecule has 6 nitrogen and oxygen atoms in total. The summed E-state index contributed by atoms with van der Waals surface area (Å²) < 4.78 is 4.84. The maximum absolute atomic E-state index is 12.2. The number of hydroxylamine groups is 1. The second-order valence-corrected chi connectivity index (χ2v) is 6.35. The summed E-state index contributed by atoms with van der Waals surface area (Å²) in [6.45, 7) is -0.219. The van der Waals surface area contributed by atoms with Crippen LogP contribution in [0.15, 0.2) is 65.6 Å². The molecular weight excluding hydrogens is 364 g/mol. The van der Waals surface area contributed by atoms with Crippen LogP contribution in [0.25, 0.3) is 0 Å². The third-order valence-electron chi connectivity index (χ3n) is 3.40. The Morgan fingerprint density at radius 1 is 1.07 bits per heavy atom. The van der Waals surface area contributed by atoms with E-state index in [1.165, 1.54) is 0 Å². The number of benzene rings is 2. The molecular formula is C20H18N2O4S. The molecule has 27 heavy (non-hydrogen) atoms. The van der Waals surface area contributed by atoms with E-state index in [2.05, 4.69) is 5.48 Å². The van der Waals surface area contributed by atoms with Crippen molar-refractivity contribution in [3.05, 3.63) is 76.7 Å². The number of ether oxygens (including phenoxy) is 1. The van der Waals surface area contributed by atoms with Gasteiger partial charge in [0.1, 0.15) is 12.0 Å². The van der Waals surface area contributed by atoms with Crippen LogP contribution in [0.4, 0.5) is 0 Å². The van der Waals surface area contributed by atoms with E-state index in [0.717, 1.165) is 22.9 Å². The van der Waals surface area contributed by atoms with Gasteiger partial charge in [-0.05, 0) is 11.1 Å². The van der Waals surface area contributed by atoms with Crippen molar-refractivity contribution in [1.82, 2.24) is 5.48 Å². The molecule has 0 spiro atoms. The molecule has 0 aromatic heterocycles. The third-order valence-corrected chi connectivity index (χ3v) is 4.51. The molecule has 0 saturated heterocycles. The zero-order valence-corrected chi connectivity index (χ0v) is 15.3. The predicted octanol–water partition coefficient (Wildman–Crippen LogP) is 2.79. The van der Waals surface area contributed by atoms with Gasteiger partial charge in [-0.15, -0.1) is 11.8 Å². The van der Waals surface area contributed by atoms with E-state index in [1.807, 2.05) is 60.7 Å². The molecule has 0 aliphatic carbocycles. The molecule has 2 rings (SSSR count). The molecule has 2 aromatic carbocycles. The minimum Gasteiger partial charge on any atom is -0.449 e. The van der Waals surface area contributed by atoms with Gasteiger partial charge in [0, 0.05) is 5.75 Å². The molecule has 2 aromatic rings. The minimum absolute atomic E-state index is 0.0925. The van der Waals surface area contributed by atoms with Crippen molar-refractivity contribution in [3.63, 3.8) is 0 Å². The van der Waals surface area contributed by atoms with Gasteiger partial charge in [-0.1, -0.05) is 60.7 Å². The first-order valence-corrected chi connectivity index (χ1v) is 9.09. The maximum atomic E-state index is 12.2. The predicted molar refractivity (Wildman–Crippen MR) is 102 cm³/mol. The Morgan fingerprint density at radius 2 is 1.70 bits per heavy atom. The van der Waals surface area contributed by atoms with Crippen LogP contribution in [0.3, 0.4) is 0 Å². The summed E-state index contributed by atoms with van der Waals surface area (Å²) in [6.07, 6.45) is 0. The molecule has 0 heterocycles. The Bertz CT molecular complexity index is 815. The SMILES string of the molecule is N#CCOC(=O)[C@@H](NOCc1ccccc1)C(=C=O)SCc1ccccc1. The molecule has 1 N–H and O–H groups in total. The van der Waals surface area contributed by atoms with Gasteiger partial charge in [-0.3, -0.25) is 4.84 Å². The minimum atomic E-state index is -1.16. The van der Waals surface area contributed by atoms with Gasteiger partial charge in [0.15, 0.2) is 12.6 Å². The fourth-order valence-corrected chi connectivity index (χ4v) is 2.97. The molecule has 1 atom stereocenters. The number of thioether (sulfide) groups is 1. The van der Waals surface area contributed by atoms with Gasteiger partial charge in [0.2, 0.25) is 0 Å². The highest BCUT2D eigenvalue weighted by Crippen LogP contribution is 2.23. The number of rotatable bonds is 10. The van der Waals surface area contributed by atoms with Crippen molar-refractivity contribution in [2.75, 3.05) is 6.61 Å². The van der Waals surface area contributed by atoms with Crippen LogP contribution in [0.1, 0.15) is 11.1 Å². The molecule has 0 aliphatic heterocycles. The number of nitrogens with one attached hydrogen (secondary N) is 1. The topological polar surface area (TPSA) is 88.4 Å². The van der Waals surface area contributed by atoms with Crippen molar-refractivity contribution in [1.29, 1.82) is 5.26 Å². The standard InChI is InChI=1S/C20H18N2O4S/c21-11-12-25-20(24)19(22-26-14-16-7-3-1-4-8-16)18(13-23)27-15-17-9-5-2-6-10-17/h1-10,19,22H,12,14-15H2/t19-/m0/s1. The molecule has 0 radical (unpaired) electrons. The van der Waals surface area contributed by atoms with Crippen molar-refractivity contribution in [2.45, 2.75) is 18.4 Å². The summed E-state index contributed by atoms with van der Waals surface area (Å²) in [5.41, 5.74) is 4.44. The highest BCUT2D eigenvalue weighted by molar-refractivity contribution is 8.02. The number of nitrogens with zero attached hydrogens (tertiary/aromatic N) is 1. The van der Waals surface area contributed by atoms with Crippen LogP contribution in [0.5, 0.6) is 0 Å². The number of carbonyl (C=O) groups is 1. The normalized spacial score (nSPS) is 11.1. The monoisotopic (exact) mass is 382 g/mol. The summed E-state index contributed by atoms with van der Waals surface area (Å²) >= 11 is 1.16. The average Bonchev–Trinajstić information content (AvgIpc) is 2.72. The summed E-state index contributed by atoms with van der Waals surface area (Å²) in [5, 5.41) is 8.60. The molecule has 0 saturated carbocycles. The van der Waals surface area contributed by atoms with Crippen LogP contribution in [-0.2, 0) is 31.5 Å². The third kappa shape index (κ3) is 7.10. The number of hydrogen-bond acceptors (Lipinski definition) is 7. The van der Waals surface area contributed by atoms with Gasteiger partial charge >= 0.3 is 5.97 Å². The lowest BCUT2D eigenvalue weighted by Gasteiger charge is -2.17. The van der Waals surface area contributed by atoms with Crippen LogP contribution >= 0.6 is 11.8 Å². The number of carbonyl (C=O) groups excluding carboxylic acids is 2. The van der Waals surface area contributed by atoms with E-state index in [-0.39, 0.29) is 11.5 Å². The first-order chi connectivity index (χ1) is 13.2. The van der Waals surface area contributed by atoms with Gasteiger partial charge < -0.3 is 4.74 Å². The van der Waals surface area contributed by atoms with Crippen molar-refractivity contribution < 1.29 is 19.2 Å². The highest BCUT2D eigenvalue weighted by Gasteiger charge is 2.26. The van der Waals surface area contributed by atoms with E-state index in [9.17, 15) is 9.59 Å². The quantitative estimate of drug-likeness (QED) is 0.384. The second-order valence-electron chi connectivity index (χ2n) is 5.33. The lowest BCUT2D eigenvalue weighted by atomic mass is 10.2. The Hall–Kier alpha value is -2.88. The van der Waals surface area contributed by atoms with E-state index in [4.69, 9.17) is 14.8 Å². The lowest BCUT2D eigenvalue weighted by Crippen LogP contribution is -2.39. The second kappa shape index (κ2) is 11.7. The van der Waals surface area contributed by atoms with Crippen LogP contribution in [0.2, 0.25) is 0 Å². The summed E-state index contributed by atoms with van der Waals surface area (Å²) in [5.74, 6) is 1.49. The molecule has 0 unspecified atom stereocenters. The fourth-order valence-electron chi connectivity index (χ4n) is 2.09. The number of hydrogen-bond donors (Lipinski definition) is 1. The largest absolute Gasteiger partial charge is 0.449 e. The first kappa shape index (κ1) is 20.4. The van der Waals surface area contributed by atoms with Crippen molar-refractivity contribution >= 4 is 23.7 Å². The molecule has 0 fully saturated rings. The Balaban J connectivity index is 2.01. The smallest absolute Gasteiger partial charge is 0.332 e. The summed E-state index contributed by atoms with van der Waals surface area (Å²) in [4.78, 5) is 29.1. The zero-order chi connectivity index (χ0) is 19.3. The molecule has 0 bridgehead atoms. The number of esters is 1. The van der Waals surface area contributed by atoms with Crippen LogP contribution in [0, 0.1) is 11.3 Å². The number of nitriles is 1. The van der Waals surface area contributed by atoms with Crippen LogP contribution < -0.4 is 5.48 Å². The molecule has 0 aliphatic rings. The lowest BCUT2D eigenvalue weighted by molar-refractivity contribution is -0.147. The van der Waals surface area contributed by atoms with Gasteiger partial charge in [-0.25, -0.2) is 9.59 Å². The molecule has 138 valence electrons. The van der Waals surface area contributed by atoms with Crippen molar-refractivity contribution in [3.8, 4) is 6.07 Å². The Labute approximate surface area is 161 Å². The van der Waals surface area contributed by atoms with E-state index in [1.54, 1.807) is 12.0 Å². The Morgan fingerprint density at radius 3 is 2.30 bits per heavy atom. The average molecular weight is 382 g/mol. The summed E-state index contributed by atoms with van der Waals surface area (Å²) in [6, 6.07) is 19.4. The highest BCUT2D eigenvalue weighted by atomic mass is 32.2. The maximum Gasteiger partial charge on any atom is 0.332 e. The van der Waals surface area contributed by atoms with Gasteiger partial charge in [0.25, 0.3) is 0 Å². The molecule has 7 heteroatoms. The first-order valence-electron chi connectivity index (χ1n) is 8.11. The van der Waals surface area contributed by atoms with Crippen LogP contribution in [-0.4, -0.2) is 24.6 Å². The Kier molecular flexibility index (Phi) is 8.84. The van der Waals surface area contributed by atoms with Gasteiger partial charge in [-0.2, -0.15) is 10.7 Å². The van der Waals surface area contributed by atoms with E-state index in [0.29, 0.717) is 5.75 Å². The summed E-state index contributed by atoms with van der Waals surface area (Å²) in [7, 11) is 0. The van der Waals surface area contributed by atoms with E-state index >= 15 is 0 Å². The molecule has 0 amide bonds.